The van der Waals surface area contributed by atoms with Crippen LogP contribution in [-0.4, -0.2) is 14.5 Å². The molecule has 4 nitrogen and oxygen atoms in total. The van der Waals surface area contributed by atoms with Gasteiger partial charge in [-0.2, -0.15) is 0 Å². The van der Waals surface area contributed by atoms with E-state index in [1.54, 1.807) is 24.5 Å². The molecule has 112 valence electrons. The zero-order chi connectivity index (χ0) is 15.7. The van der Waals surface area contributed by atoms with Crippen molar-refractivity contribution < 1.29 is 0 Å². The van der Waals surface area contributed by atoms with Gasteiger partial charge < -0.3 is 5.73 Å². The molecule has 22 heavy (non-hydrogen) atoms. The van der Waals surface area contributed by atoms with E-state index in [0.717, 1.165) is 28.5 Å². The van der Waals surface area contributed by atoms with Crippen LogP contribution in [0.1, 0.15) is 11.5 Å². The number of nitrogens with zero attached hydrogens (tertiary/aromatic N) is 3. The van der Waals surface area contributed by atoms with Crippen molar-refractivity contribution in [3.8, 4) is 16.9 Å². The van der Waals surface area contributed by atoms with E-state index < -0.39 is 0 Å². The second kappa shape index (κ2) is 6.08. The molecule has 2 aromatic heterocycles. The number of benzene rings is 1. The SMILES string of the molecule is Cc1nc(-c2ccc(Cl)cc2Cl)c(CN)n1-c1cccnc1. The molecule has 0 atom stereocenters. The van der Waals surface area contributed by atoms with Crippen molar-refractivity contribution in [2.45, 2.75) is 13.5 Å². The fourth-order valence-electron chi connectivity index (χ4n) is 2.49. The Bertz CT molecular complexity index is 813. The summed E-state index contributed by atoms with van der Waals surface area (Å²) in [5.74, 6) is 0.828. The van der Waals surface area contributed by atoms with Gasteiger partial charge in [-0.15, -0.1) is 0 Å². The van der Waals surface area contributed by atoms with Crippen molar-refractivity contribution in [1.82, 2.24) is 14.5 Å². The lowest BCUT2D eigenvalue weighted by Gasteiger charge is -2.10. The summed E-state index contributed by atoms with van der Waals surface area (Å²) in [5.41, 5.74) is 9.36. The lowest BCUT2D eigenvalue weighted by molar-refractivity contribution is 0.874. The first-order chi connectivity index (χ1) is 10.6. The molecule has 0 saturated carbocycles. The molecule has 1 aromatic carbocycles. The average Bonchev–Trinajstić information content (AvgIpc) is 2.84. The van der Waals surface area contributed by atoms with E-state index in [4.69, 9.17) is 28.9 Å². The Hall–Kier alpha value is -1.88. The maximum Gasteiger partial charge on any atom is 0.111 e. The van der Waals surface area contributed by atoms with E-state index in [2.05, 4.69) is 9.97 Å². The molecule has 2 heterocycles. The molecule has 0 amide bonds. The van der Waals surface area contributed by atoms with Gasteiger partial charge in [0.15, 0.2) is 0 Å². The van der Waals surface area contributed by atoms with E-state index in [1.165, 1.54) is 0 Å². The Morgan fingerprint density at radius 1 is 1.23 bits per heavy atom. The molecule has 0 fully saturated rings. The molecule has 0 aliphatic carbocycles. The normalized spacial score (nSPS) is 10.9. The zero-order valence-corrected chi connectivity index (χ0v) is 13.4. The fourth-order valence-corrected chi connectivity index (χ4v) is 2.99. The summed E-state index contributed by atoms with van der Waals surface area (Å²) in [4.78, 5) is 8.80. The van der Waals surface area contributed by atoms with Gasteiger partial charge in [0.05, 0.1) is 28.3 Å². The summed E-state index contributed by atoms with van der Waals surface area (Å²) in [6.07, 6.45) is 3.51. The summed E-state index contributed by atoms with van der Waals surface area (Å²) in [6, 6.07) is 9.20. The zero-order valence-electron chi connectivity index (χ0n) is 11.9. The monoisotopic (exact) mass is 332 g/mol. The Labute approximate surface area is 138 Å². The molecular weight excluding hydrogens is 319 g/mol. The van der Waals surface area contributed by atoms with E-state index in [-0.39, 0.29) is 0 Å². The number of pyridine rings is 1. The van der Waals surface area contributed by atoms with E-state index in [9.17, 15) is 0 Å². The van der Waals surface area contributed by atoms with Crippen LogP contribution in [0.25, 0.3) is 16.9 Å². The second-order valence-electron chi connectivity index (χ2n) is 4.83. The van der Waals surface area contributed by atoms with Gasteiger partial charge in [0.25, 0.3) is 0 Å². The van der Waals surface area contributed by atoms with Gasteiger partial charge in [0, 0.05) is 23.3 Å². The van der Waals surface area contributed by atoms with Crippen LogP contribution in [0.4, 0.5) is 0 Å². The number of aryl methyl sites for hydroxylation is 1. The molecule has 0 unspecified atom stereocenters. The highest BCUT2D eigenvalue weighted by Crippen LogP contribution is 2.33. The van der Waals surface area contributed by atoms with Crippen LogP contribution in [0.15, 0.2) is 42.7 Å². The summed E-state index contributed by atoms with van der Waals surface area (Å²) < 4.78 is 1.99. The minimum absolute atomic E-state index is 0.337. The molecule has 0 spiro atoms. The van der Waals surface area contributed by atoms with Gasteiger partial charge in [-0.25, -0.2) is 4.98 Å². The van der Waals surface area contributed by atoms with Crippen LogP contribution in [0.5, 0.6) is 0 Å². The van der Waals surface area contributed by atoms with Crippen LogP contribution in [0.2, 0.25) is 10.0 Å². The number of imidazole rings is 1. The highest BCUT2D eigenvalue weighted by Gasteiger charge is 2.18. The summed E-state index contributed by atoms with van der Waals surface area (Å²) in [5, 5.41) is 1.14. The third-order valence-corrected chi connectivity index (χ3v) is 3.97. The number of nitrogens with two attached hydrogens (primary N) is 1. The summed E-state index contributed by atoms with van der Waals surface area (Å²) in [6.45, 7) is 2.27. The van der Waals surface area contributed by atoms with E-state index in [0.29, 0.717) is 16.6 Å². The Kier molecular flexibility index (Phi) is 4.16. The quantitative estimate of drug-likeness (QED) is 0.788. The molecule has 0 saturated heterocycles. The Morgan fingerprint density at radius 3 is 2.68 bits per heavy atom. The van der Waals surface area contributed by atoms with Crippen molar-refractivity contribution in [1.29, 1.82) is 0 Å². The van der Waals surface area contributed by atoms with Crippen molar-refractivity contribution in [3.63, 3.8) is 0 Å². The van der Waals surface area contributed by atoms with Gasteiger partial charge in [0.2, 0.25) is 0 Å². The van der Waals surface area contributed by atoms with Gasteiger partial charge in [-0.1, -0.05) is 23.2 Å². The lowest BCUT2D eigenvalue weighted by Crippen LogP contribution is -2.08. The first-order valence-electron chi connectivity index (χ1n) is 6.76. The van der Waals surface area contributed by atoms with Crippen molar-refractivity contribution in [3.05, 3.63) is 64.3 Å². The number of hydrogen-bond acceptors (Lipinski definition) is 3. The molecule has 6 heteroatoms. The maximum atomic E-state index is 6.31. The van der Waals surface area contributed by atoms with Gasteiger partial charge in [0.1, 0.15) is 5.82 Å². The largest absolute Gasteiger partial charge is 0.325 e. The number of halogens is 2. The molecule has 2 N–H and O–H groups in total. The van der Waals surface area contributed by atoms with Crippen molar-refractivity contribution in [2.75, 3.05) is 0 Å². The molecule has 0 aliphatic heterocycles. The van der Waals surface area contributed by atoms with E-state index in [1.807, 2.05) is 29.7 Å². The van der Waals surface area contributed by atoms with Gasteiger partial charge >= 0.3 is 0 Å². The third kappa shape index (κ3) is 2.61. The summed E-state index contributed by atoms with van der Waals surface area (Å²) in [7, 11) is 0. The number of aromatic nitrogens is 3. The maximum absolute atomic E-state index is 6.31. The number of rotatable bonds is 3. The predicted octanol–water partition coefficient (Wildman–Crippen LogP) is 4.01. The lowest BCUT2D eigenvalue weighted by atomic mass is 10.1. The third-order valence-electron chi connectivity index (χ3n) is 3.42. The topological polar surface area (TPSA) is 56.7 Å². The first-order valence-corrected chi connectivity index (χ1v) is 7.51. The Morgan fingerprint density at radius 2 is 2.05 bits per heavy atom. The highest BCUT2D eigenvalue weighted by atomic mass is 35.5. The second-order valence-corrected chi connectivity index (χ2v) is 5.67. The van der Waals surface area contributed by atoms with Crippen LogP contribution < -0.4 is 5.73 Å². The Balaban J connectivity index is 2.22. The van der Waals surface area contributed by atoms with Crippen molar-refractivity contribution >= 4 is 23.2 Å². The fraction of sp³-hybridized carbons (Fsp3) is 0.125. The number of hydrogen-bond donors (Lipinski definition) is 1. The molecule has 0 bridgehead atoms. The van der Waals surface area contributed by atoms with Gasteiger partial charge in [-0.3, -0.25) is 9.55 Å². The van der Waals surface area contributed by atoms with E-state index >= 15 is 0 Å². The van der Waals surface area contributed by atoms with Crippen LogP contribution in [0.3, 0.4) is 0 Å². The average molecular weight is 333 g/mol. The smallest absolute Gasteiger partial charge is 0.111 e. The molecule has 3 aromatic rings. The predicted molar refractivity (Wildman–Crippen MR) is 89.4 cm³/mol. The minimum atomic E-state index is 0.337. The van der Waals surface area contributed by atoms with Crippen molar-refractivity contribution in [2.24, 2.45) is 5.73 Å². The van der Waals surface area contributed by atoms with Gasteiger partial charge in [-0.05, 0) is 37.3 Å². The molecular formula is C16H14Cl2N4. The standard InChI is InChI=1S/C16H14Cl2N4/c1-10-21-16(13-5-4-11(17)7-14(13)18)15(8-19)22(10)12-3-2-6-20-9-12/h2-7,9H,8,19H2,1H3. The molecule has 3 rings (SSSR count). The summed E-state index contributed by atoms with van der Waals surface area (Å²) >= 11 is 12.3. The van der Waals surface area contributed by atoms with Crippen LogP contribution in [0, 0.1) is 6.92 Å². The van der Waals surface area contributed by atoms with Crippen LogP contribution in [-0.2, 0) is 6.54 Å². The van der Waals surface area contributed by atoms with Crippen LogP contribution >= 0.6 is 23.2 Å². The molecule has 0 aliphatic rings. The first kappa shape index (κ1) is 15.0. The minimum Gasteiger partial charge on any atom is -0.325 e. The molecule has 0 radical (unpaired) electrons. The highest BCUT2D eigenvalue weighted by molar-refractivity contribution is 6.36.